The fourth-order valence-corrected chi connectivity index (χ4v) is 4.85. The average Bonchev–Trinajstić information content (AvgIpc) is 3.35. The molecule has 2 saturated heterocycles. The summed E-state index contributed by atoms with van der Waals surface area (Å²) in [6.07, 6.45) is 0. The molecular weight excluding hydrogens is 340 g/mol. The lowest BCUT2D eigenvalue weighted by Gasteiger charge is -2.33. The van der Waals surface area contributed by atoms with Gasteiger partial charge in [0.15, 0.2) is 0 Å². The van der Waals surface area contributed by atoms with Crippen molar-refractivity contribution in [1.29, 1.82) is 0 Å². The number of nitrogens with zero attached hydrogens (tertiary/aromatic N) is 2. The topological polar surface area (TPSA) is 6.25 Å². The van der Waals surface area contributed by atoms with Gasteiger partial charge in [0, 0.05) is 18.3 Å². The first-order valence-corrected chi connectivity index (χ1v) is 10.1. The molecule has 3 aromatic carbocycles. The fraction of sp³-hybridized carbons (Fsp3) is 0.231. The predicted molar refractivity (Wildman–Crippen MR) is 115 cm³/mol. The highest BCUT2D eigenvalue weighted by Gasteiger charge is 2.59. The third-order valence-corrected chi connectivity index (χ3v) is 6.35. The summed E-state index contributed by atoms with van der Waals surface area (Å²) < 4.78 is 0. The molecule has 0 N–H and O–H groups in total. The van der Waals surface area contributed by atoms with Crippen LogP contribution >= 0.6 is 0 Å². The van der Waals surface area contributed by atoms with Gasteiger partial charge < -0.3 is 4.90 Å². The maximum atomic E-state index is 4.51. The summed E-state index contributed by atoms with van der Waals surface area (Å²) in [5, 5.41) is 0. The second-order valence-electron chi connectivity index (χ2n) is 7.91. The summed E-state index contributed by atoms with van der Waals surface area (Å²) in [4.78, 5) is 5.13. The number of hydrogen-bond donors (Lipinski definition) is 0. The molecule has 2 aliphatic heterocycles. The van der Waals surface area contributed by atoms with Crippen LogP contribution in [0.2, 0.25) is 0 Å². The number of likely N-dealkylation sites (tertiary alicyclic amines) is 1. The van der Waals surface area contributed by atoms with Crippen molar-refractivity contribution in [2.75, 3.05) is 6.54 Å². The van der Waals surface area contributed by atoms with E-state index in [4.69, 9.17) is 0 Å². The van der Waals surface area contributed by atoms with Gasteiger partial charge in [-0.15, -0.1) is 0 Å². The van der Waals surface area contributed by atoms with Crippen molar-refractivity contribution in [1.82, 2.24) is 9.80 Å². The monoisotopic (exact) mass is 366 g/mol. The van der Waals surface area contributed by atoms with Crippen LogP contribution in [-0.4, -0.2) is 28.4 Å². The van der Waals surface area contributed by atoms with Crippen LogP contribution in [0, 0.1) is 0 Å². The Morgan fingerprint density at radius 1 is 0.750 bits per heavy atom. The van der Waals surface area contributed by atoms with Gasteiger partial charge in [-0.1, -0.05) is 97.6 Å². The van der Waals surface area contributed by atoms with E-state index in [1.165, 1.54) is 22.4 Å². The minimum atomic E-state index is 0.295. The van der Waals surface area contributed by atoms with Gasteiger partial charge in [0.2, 0.25) is 0 Å². The first-order chi connectivity index (χ1) is 13.8. The van der Waals surface area contributed by atoms with Crippen molar-refractivity contribution < 1.29 is 0 Å². The molecule has 0 saturated carbocycles. The Labute approximate surface area is 167 Å². The minimum Gasteiger partial charge on any atom is -0.366 e. The van der Waals surface area contributed by atoms with Crippen LogP contribution in [0.3, 0.4) is 0 Å². The van der Waals surface area contributed by atoms with Crippen LogP contribution in [0.15, 0.2) is 103 Å². The maximum Gasteiger partial charge on any atom is 0.0678 e. The number of hydrogen-bond acceptors (Lipinski definition) is 2. The van der Waals surface area contributed by atoms with E-state index in [1.54, 1.807) is 0 Å². The van der Waals surface area contributed by atoms with Gasteiger partial charge in [0.1, 0.15) is 0 Å². The number of piperazine rings is 1. The third-order valence-electron chi connectivity index (χ3n) is 6.35. The molecule has 0 aromatic heterocycles. The van der Waals surface area contributed by atoms with Crippen LogP contribution in [0.25, 0.3) is 0 Å². The van der Waals surface area contributed by atoms with Crippen LogP contribution in [0.1, 0.15) is 35.7 Å². The normalized spacial score (nSPS) is 24.3. The molecule has 5 rings (SSSR count). The van der Waals surface area contributed by atoms with Gasteiger partial charge in [0.05, 0.1) is 18.1 Å². The number of fused-ring (bicyclic) bond motifs is 1. The molecule has 0 radical (unpaired) electrons. The number of benzene rings is 3. The summed E-state index contributed by atoms with van der Waals surface area (Å²) >= 11 is 0. The van der Waals surface area contributed by atoms with Crippen molar-refractivity contribution in [2.24, 2.45) is 0 Å². The molecule has 140 valence electrons. The first kappa shape index (κ1) is 17.3. The van der Waals surface area contributed by atoms with E-state index in [2.05, 4.69) is 114 Å². The minimum absolute atomic E-state index is 0.295. The van der Waals surface area contributed by atoms with Crippen molar-refractivity contribution in [3.05, 3.63) is 120 Å². The summed E-state index contributed by atoms with van der Waals surface area (Å²) in [5.41, 5.74) is 5.34. The zero-order chi connectivity index (χ0) is 19.1. The van der Waals surface area contributed by atoms with Crippen molar-refractivity contribution in [2.45, 2.75) is 31.1 Å². The Hall–Kier alpha value is -2.84. The Morgan fingerprint density at radius 2 is 1.21 bits per heavy atom. The molecule has 2 unspecified atom stereocenters. The van der Waals surface area contributed by atoms with Gasteiger partial charge in [-0.2, -0.15) is 0 Å². The van der Waals surface area contributed by atoms with Gasteiger partial charge in [0.25, 0.3) is 0 Å². The molecule has 0 spiro atoms. The summed E-state index contributed by atoms with van der Waals surface area (Å²) in [6.45, 7) is 7.85. The van der Waals surface area contributed by atoms with Gasteiger partial charge in [-0.25, -0.2) is 0 Å². The lowest BCUT2D eigenvalue weighted by atomic mass is 9.98. The van der Waals surface area contributed by atoms with E-state index >= 15 is 0 Å². The van der Waals surface area contributed by atoms with E-state index in [1.807, 2.05) is 0 Å². The molecule has 0 amide bonds. The molecule has 2 fully saturated rings. The molecule has 0 bridgehead atoms. The van der Waals surface area contributed by atoms with E-state index in [0.717, 1.165) is 6.54 Å². The lowest BCUT2D eigenvalue weighted by Crippen LogP contribution is -2.31. The molecule has 28 heavy (non-hydrogen) atoms. The maximum absolute atomic E-state index is 4.51. The Kier molecular flexibility index (Phi) is 4.29. The highest BCUT2D eigenvalue weighted by Crippen LogP contribution is 2.51. The van der Waals surface area contributed by atoms with Crippen molar-refractivity contribution in [3.63, 3.8) is 0 Å². The highest BCUT2D eigenvalue weighted by atomic mass is 15.5. The van der Waals surface area contributed by atoms with E-state index < -0.39 is 0 Å². The third kappa shape index (κ3) is 2.85. The zero-order valence-electron chi connectivity index (χ0n) is 16.3. The largest absolute Gasteiger partial charge is 0.366 e. The van der Waals surface area contributed by atoms with Gasteiger partial charge in [-0.3, -0.25) is 4.90 Å². The van der Waals surface area contributed by atoms with Crippen LogP contribution in [0.5, 0.6) is 0 Å². The van der Waals surface area contributed by atoms with Gasteiger partial charge >= 0.3 is 0 Å². The highest BCUT2D eigenvalue weighted by molar-refractivity contribution is 5.40. The molecule has 4 atom stereocenters. The summed E-state index contributed by atoms with van der Waals surface area (Å²) in [7, 11) is 0. The average molecular weight is 367 g/mol. The second-order valence-corrected chi connectivity index (χ2v) is 7.91. The van der Waals surface area contributed by atoms with Crippen molar-refractivity contribution in [3.8, 4) is 0 Å². The smallest absolute Gasteiger partial charge is 0.0678 e. The SMILES string of the molecule is C=C1[C@@H]2[C@H](CN1C(C)c1ccccc1)N2C(c1ccccc1)c1ccccc1. The molecule has 2 aliphatic rings. The lowest BCUT2D eigenvalue weighted by molar-refractivity contribution is 0.239. The fourth-order valence-electron chi connectivity index (χ4n) is 4.85. The van der Waals surface area contributed by atoms with Crippen LogP contribution < -0.4 is 0 Å². The van der Waals surface area contributed by atoms with Crippen LogP contribution in [0.4, 0.5) is 0 Å². The Balaban J connectivity index is 1.41. The van der Waals surface area contributed by atoms with Crippen molar-refractivity contribution >= 4 is 0 Å². The molecule has 2 heteroatoms. The molecular formula is C26H26N2. The predicted octanol–water partition coefficient (Wildman–Crippen LogP) is 5.42. The Bertz CT molecular complexity index is 912. The van der Waals surface area contributed by atoms with Gasteiger partial charge in [-0.05, 0) is 23.6 Å². The molecule has 2 heterocycles. The zero-order valence-corrected chi connectivity index (χ0v) is 16.3. The quantitative estimate of drug-likeness (QED) is 0.556. The first-order valence-electron chi connectivity index (χ1n) is 10.1. The van der Waals surface area contributed by atoms with Crippen LogP contribution in [-0.2, 0) is 0 Å². The standard InChI is InChI=1S/C26H26N2/c1-19(21-12-6-3-7-13-21)27-18-24-25(20(27)2)28(24)26(22-14-8-4-9-15-22)23-16-10-5-11-17-23/h3-17,19,24-26H,2,18H2,1H3/t19?,24-,25+,28?/m0/s1. The number of rotatable bonds is 5. The molecule has 3 aromatic rings. The molecule has 0 aliphatic carbocycles. The Morgan fingerprint density at radius 3 is 1.64 bits per heavy atom. The van der Waals surface area contributed by atoms with E-state index in [-0.39, 0.29) is 0 Å². The van der Waals surface area contributed by atoms with E-state index in [9.17, 15) is 0 Å². The molecule has 2 nitrogen and oxygen atoms in total. The summed E-state index contributed by atoms with van der Waals surface area (Å²) in [5.74, 6) is 0. The van der Waals surface area contributed by atoms with E-state index in [0.29, 0.717) is 24.2 Å². The second kappa shape index (κ2) is 6.96. The summed E-state index contributed by atoms with van der Waals surface area (Å²) in [6, 6.07) is 34.2.